The molecule has 0 aromatic heterocycles. The van der Waals surface area contributed by atoms with Crippen molar-refractivity contribution in [2.75, 3.05) is 6.54 Å². The van der Waals surface area contributed by atoms with E-state index in [0.29, 0.717) is 25.8 Å². The van der Waals surface area contributed by atoms with Gasteiger partial charge in [0.05, 0.1) is 0 Å². The number of carbonyl (C=O) groups is 3. The van der Waals surface area contributed by atoms with Gasteiger partial charge in [-0.2, -0.15) is 0 Å². The summed E-state index contributed by atoms with van der Waals surface area (Å²) < 4.78 is 0. The van der Waals surface area contributed by atoms with Gasteiger partial charge in [0.25, 0.3) is 5.91 Å². The molecule has 2 amide bonds. The first-order valence-electron chi connectivity index (χ1n) is 6.91. The van der Waals surface area contributed by atoms with Crippen molar-refractivity contribution in [3.05, 3.63) is 0 Å². The van der Waals surface area contributed by atoms with Crippen LogP contribution in [0.25, 0.3) is 0 Å². The van der Waals surface area contributed by atoms with Crippen LogP contribution in [-0.2, 0) is 14.4 Å². The zero-order chi connectivity index (χ0) is 15.3. The molecular weight excluding hydrogens is 262 g/mol. The van der Waals surface area contributed by atoms with Crippen LogP contribution in [0.4, 0.5) is 0 Å². The number of aliphatic carboxylic acids is 1. The number of nitrogens with one attached hydrogen (secondary N) is 2. The monoisotopic (exact) mass is 285 g/mol. The summed E-state index contributed by atoms with van der Waals surface area (Å²) in [6.07, 6.45) is 1.48. The normalized spacial score (nSPS) is 20.6. The van der Waals surface area contributed by atoms with Crippen LogP contribution in [-0.4, -0.2) is 46.5 Å². The van der Waals surface area contributed by atoms with Crippen LogP contribution in [0.15, 0.2) is 0 Å². The first-order chi connectivity index (χ1) is 9.31. The van der Waals surface area contributed by atoms with Crippen molar-refractivity contribution in [2.24, 2.45) is 5.92 Å². The molecule has 1 saturated heterocycles. The van der Waals surface area contributed by atoms with Gasteiger partial charge in [-0.1, -0.05) is 13.8 Å². The molecule has 0 aromatic carbocycles. The molecule has 1 heterocycles. The number of hydrogen-bond acceptors (Lipinski definition) is 4. The number of hydrazine groups is 1. The van der Waals surface area contributed by atoms with Crippen LogP contribution in [0.5, 0.6) is 0 Å². The lowest BCUT2D eigenvalue weighted by Crippen LogP contribution is -2.59. The Labute approximate surface area is 118 Å². The van der Waals surface area contributed by atoms with E-state index in [1.54, 1.807) is 6.92 Å². The SMILES string of the molecule is CC(C)CC(=O)NC(C)C(=O)N1CCCC(C(=O)O)N1. The molecular formula is C13H23N3O4. The van der Waals surface area contributed by atoms with E-state index in [1.807, 2.05) is 13.8 Å². The minimum atomic E-state index is -0.973. The molecule has 2 unspecified atom stereocenters. The van der Waals surface area contributed by atoms with Crippen LogP contribution in [0.3, 0.4) is 0 Å². The zero-order valence-corrected chi connectivity index (χ0v) is 12.2. The predicted octanol–water partition coefficient (Wildman–Crippen LogP) is 0.117. The minimum absolute atomic E-state index is 0.173. The quantitative estimate of drug-likeness (QED) is 0.666. The Morgan fingerprint density at radius 3 is 2.55 bits per heavy atom. The highest BCUT2D eigenvalue weighted by Crippen LogP contribution is 2.09. The summed E-state index contributed by atoms with van der Waals surface area (Å²) in [7, 11) is 0. The summed E-state index contributed by atoms with van der Waals surface area (Å²) in [5.74, 6) is -1.23. The van der Waals surface area contributed by atoms with Gasteiger partial charge in [-0.25, -0.2) is 5.43 Å². The van der Waals surface area contributed by atoms with E-state index in [-0.39, 0.29) is 17.7 Å². The van der Waals surface area contributed by atoms with Gasteiger partial charge in [-0.3, -0.25) is 19.4 Å². The second-order valence-electron chi connectivity index (χ2n) is 5.54. The number of amides is 2. The van der Waals surface area contributed by atoms with Crippen LogP contribution < -0.4 is 10.7 Å². The third kappa shape index (κ3) is 4.80. The molecule has 20 heavy (non-hydrogen) atoms. The molecule has 3 N–H and O–H groups in total. The maximum absolute atomic E-state index is 12.1. The van der Waals surface area contributed by atoms with E-state index in [0.717, 1.165) is 0 Å². The van der Waals surface area contributed by atoms with Gasteiger partial charge in [0, 0.05) is 13.0 Å². The average molecular weight is 285 g/mol. The van der Waals surface area contributed by atoms with Gasteiger partial charge in [-0.15, -0.1) is 0 Å². The summed E-state index contributed by atoms with van der Waals surface area (Å²) >= 11 is 0. The number of carbonyl (C=O) groups excluding carboxylic acids is 2. The molecule has 1 fully saturated rings. The molecule has 0 aromatic rings. The molecule has 1 aliphatic rings. The molecule has 1 aliphatic heterocycles. The van der Waals surface area contributed by atoms with E-state index >= 15 is 0 Å². The predicted molar refractivity (Wildman–Crippen MR) is 72.6 cm³/mol. The molecule has 7 nitrogen and oxygen atoms in total. The molecule has 0 bridgehead atoms. The largest absolute Gasteiger partial charge is 0.480 e. The van der Waals surface area contributed by atoms with Crippen molar-refractivity contribution in [1.29, 1.82) is 0 Å². The van der Waals surface area contributed by atoms with E-state index in [4.69, 9.17) is 5.11 Å². The van der Waals surface area contributed by atoms with E-state index < -0.39 is 18.1 Å². The number of carboxylic acid groups (broad SMARTS) is 1. The van der Waals surface area contributed by atoms with Crippen LogP contribution in [0, 0.1) is 5.92 Å². The fraction of sp³-hybridized carbons (Fsp3) is 0.769. The summed E-state index contributed by atoms with van der Waals surface area (Å²) in [6, 6.07) is -1.41. The molecule has 114 valence electrons. The smallest absolute Gasteiger partial charge is 0.322 e. The van der Waals surface area contributed by atoms with Crippen LogP contribution >= 0.6 is 0 Å². The molecule has 0 aliphatic carbocycles. The Morgan fingerprint density at radius 2 is 2.00 bits per heavy atom. The fourth-order valence-corrected chi connectivity index (χ4v) is 2.09. The Balaban J connectivity index is 2.51. The molecule has 0 spiro atoms. The summed E-state index contributed by atoms with van der Waals surface area (Å²) in [5, 5.41) is 12.9. The van der Waals surface area contributed by atoms with Crippen molar-refractivity contribution in [1.82, 2.24) is 15.8 Å². The standard InChI is InChI=1S/C13H23N3O4/c1-8(2)7-11(17)14-9(3)12(18)16-6-4-5-10(15-16)13(19)20/h8-10,15H,4-7H2,1-3H3,(H,14,17)(H,19,20). The zero-order valence-electron chi connectivity index (χ0n) is 12.2. The second kappa shape index (κ2) is 7.23. The maximum Gasteiger partial charge on any atom is 0.322 e. The highest BCUT2D eigenvalue weighted by atomic mass is 16.4. The van der Waals surface area contributed by atoms with Crippen molar-refractivity contribution in [3.63, 3.8) is 0 Å². The molecule has 2 atom stereocenters. The Bertz CT molecular complexity index is 384. The molecule has 0 radical (unpaired) electrons. The fourth-order valence-electron chi connectivity index (χ4n) is 2.09. The first-order valence-corrected chi connectivity index (χ1v) is 6.91. The lowest BCUT2D eigenvalue weighted by molar-refractivity contribution is -0.148. The van der Waals surface area contributed by atoms with Crippen LogP contribution in [0.2, 0.25) is 0 Å². The Morgan fingerprint density at radius 1 is 1.35 bits per heavy atom. The Kier molecular flexibility index (Phi) is 5.94. The maximum atomic E-state index is 12.1. The number of nitrogens with zero attached hydrogens (tertiary/aromatic N) is 1. The van der Waals surface area contributed by atoms with Gasteiger partial charge in [-0.05, 0) is 25.7 Å². The second-order valence-corrected chi connectivity index (χ2v) is 5.54. The van der Waals surface area contributed by atoms with Gasteiger partial charge < -0.3 is 10.4 Å². The first kappa shape index (κ1) is 16.4. The van der Waals surface area contributed by atoms with E-state index in [9.17, 15) is 14.4 Å². The summed E-state index contributed by atoms with van der Waals surface area (Å²) in [6.45, 7) is 5.91. The topological polar surface area (TPSA) is 98.7 Å². The molecule has 0 saturated carbocycles. The Hall–Kier alpha value is -1.63. The highest BCUT2D eigenvalue weighted by Gasteiger charge is 2.30. The van der Waals surface area contributed by atoms with Gasteiger partial charge in [0.1, 0.15) is 12.1 Å². The van der Waals surface area contributed by atoms with E-state index in [1.165, 1.54) is 5.01 Å². The third-order valence-electron chi connectivity index (χ3n) is 3.09. The summed E-state index contributed by atoms with van der Waals surface area (Å²) in [4.78, 5) is 34.7. The third-order valence-corrected chi connectivity index (χ3v) is 3.09. The molecule has 7 heteroatoms. The van der Waals surface area contributed by atoms with E-state index in [2.05, 4.69) is 10.7 Å². The summed E-state index contributed by atoms with van der Waals surface area (Å²) in [5.41, 5.74) is 2.68. The lowest BCUT2D eigenvalue weighted by atomic mass is 10.1. The van der Waals surface area contributed by atoms with Crippen molar-refractivity contribution < 1.29 is 19.5 Å². The average Bonchev–Trinajstić information content (AvgIpc) is 2.36. The van der Waals surface area contributed by atoms with Gasteiger partial charge >= 0.3 is 5.97 Å². The van der Waals surface area contributed by atoms with Gasteiger partial charge in [0.15, 0.2) is 0 Å². The lowest BCUT2D eigenvalue weighted by Gasteiger charge is -2.33. The van der Waals surface area contributed by atoms with Crippen LogP contribution in [0.1, 0.15) is 40.0 Å². The number of carboxylic acids is 1. The van der Waals surface area contributed by atoms with Crippen molar-refractivity contribution >= 4 is 17.8 Å². The van der Waals surface area contributed by atoms with Crippen molar-refractivity contribution in [3.8, 4) is 0 Å². The molecule has 1 rings (SSSR count). The number of hydrogen-bond donors (Lipinski definition) is 3. The van der Waals surface area contributed by atoms with Crippen molar-refractivity contribution in [2.45, 2.75) is 52.1 Å². The van der Waals surface area contributed by atoms with Gasteiger partial charge in [0.2, 0.25) is 5.91 Å². The highest BCUT2D eigenvalue weighted by molar-refractivity contribution is 5.87. The number of rotatable bonds is 5. The minimum Gasteiger partial charge on any atom is -0.480 e.